The Labute approximate surface area is 189 Å². The first kappa shape index (κ1) is 20.1. The van der Waals surface area contributed by atoms with Gasteiger partial charge in [-0.1, -0.05) is 17.3 Å². The van der Waals surface area contributed by atoms with Crippen LogP contribution in [-0.4, -0.2) is 59.0 Å². The molecule has 3 atom stereocenters. The molecule has 0 aliphatic carbocycles. The lowest BCUT2D eigenvalue weighted by molar-refractivity contribution is -0.129. The maximum absolute atomic E-state index is 13.9. The monoisotopic (exact) mass is 447 g/mol. The van der Waals surface area contributed by atoms with Crippen molar-refractivity contribution in [3.05, 3.63) is 52.8 Å². The standard InChI is InChI=1S/C23H25N7O3/c1-14-17(9-11-33-14)30-20-7-4-3-6-19(20)28-13-24-22(21(28)23(30)32)29-12-16(25-26-29)18-8-5-10-27(18)15(2)31/h3-4,6-7,12-14,17-18H,5,8-11H2,1-2H3. The van der Waals surface area contributed by atoms with E-state index in [9.17, 15) is 9.59 Å². The summed E-state index contributed by atoms with van der Waals surface area (Å²) in [7, 11) is 0. The molecule has 33 heavy (non-hydrogen) atoms. The molecule has 2 fully saturated rings. The van der Waals surface area contributed by atoms with Crippen LogP contribution in [0.4, 0.5) is 0 Å². The average Bonchev–Trinajstić information content (AvgIpc) is 3.59. The molecule has 0 spiro atoms. The highest BCUT2D eigenvalue weighted by atomic mass is 16.5. The van der Waals surface area contributed by atoms with Gasteiger partial charge in [-0.05, 0) is 38.3 Å². The van der Waals surface area contributed by atoms with Crippen molar-refractivity contribution >= 4 is 22.5 Å². The summed E-state index contributed by atoms with van der Waals surface area (Å²) in [5.41, 5.74) is 2.76. The van der Waals surface area contributed by atoms with Crippen molar-refractivity contribution in [3.8, 4) is 5.82 Å². The van der Waals surface area contributed by atoms with Gasteiger partial charge in [0.25, 0.3) is 5.56 Å². The highest BCUT2D eigenvalue weighted by Gasteiger charge is 2.32. The number of benzene rings is 1. The molecule has 3 unspecified atom stereocenters. The van der Waals surface area contributed by atoms with Gasteiger partial charge in [0.05, 0.1) is 35.4 Å². The van der Waals surface area contributed by atoms with Gasteiger partial charge in [0.15, 0.2) is 11.3 Å². The molecule has 2 saturated heterocycles. The van der Waals surface area contributed by atoms with E-state index in [1.807, 2.05) is 45.1 Å². The van der Waals surface area contributed by atoms with Gasteiger partial charge in [-0.25, -0.2) is 4.98 Å². The van der Waals surface area contributed by atoms with E-state index in [0.29, 0.717) is 23.6 Å². The number of hydrogen-bond acceptors (Lipinski definition) is 6. The first-order valence-corrected chi connectivity index (χ1v) is 11.4. The van der Waals surface area contributed by atoms with Gasteiger partial charge >= 0.3 is 0 Å². The number of carbonyl (C=O) groups is 1. The van der Waals surface area contributed by atoms with Crippen LogP contribution in [-0.2, 0) is 9.53 Å². The highest BCUT2D eigenvalue weighted by molar-refractivity contribution is 5.81. The largest absolute Gasteiger partial charge is 0.376 e. The molecule has 6 rings (SSSR count). The second kappa shape index (κ2) is 7.51. The van der Waals surface area contributed by atoms with Gasteiger partial charge in [0, 0.05) is 20.1 Å². The van der Waals surface area contributed by atoms with Crippen LogP contribution >= 0.6 is 0 Å². The lowest BCUT2D eigenvalue weighted by Gasteiger charge is -2.21. The van der Waals surface area contributed by atoms with E-state index in [0.717, 1.165) is 36.8 Å². The maximum atomic E-state index is 13.9. The highest BCUT2D eigenvalue weighted by Crippen LogP contribution is 2.32. The summed E-state index contributed by atoms with van der Waals surface area (Å²) in [6, 6.07) is 7.69. The van der Waals surface area contributed by atoms with Crippen LogP contribution in [0.3, 0.4) is 0 Å². The predicted molar refractivity (Wildman–Crippen MR) is 120 cm³/mol. The van der Waals surface area contributed by atoms with Crippen LogP contribution in [0.2, 0.25) is 0 Å². The van der Waals surface area contributed by atoms with Gasteiger partial charge in [-0.15, -0.1) is 5.10 Å². The van der Waals surface area contributed by atoms with Crippen molar-refractivity contribution in [2.45, 2.75) is 51.3 Å². The Morgan fingerprint density at radius 3 is 2.76 bits per heavy atom. The molecule has 0 radical (unpaired) electrons. The topological polar surface area (TPSA) is 99.6 Å². The third-order valence-corrected chi connectivity index (χ3v) is 6.97. The molecule has 10 heteroatoms. The summed E-state index contributed by atoms with van der Waals surface area (Å²) in [6.45, 7) is 4.93. The van der Waals surface area contributed by atoms with Crippen LogP contribution in [0.5, 0.6) is 0 Å². The summed E-state index contributed by atoms with van der Waals surface area (Å²) in [5, 5.41) is 8.63. The van der Waals surface area contributed by atoms with E-state index in [1.54, 1.807) is 24.1 Å². The number of fused-ring (bicyclic) bond motifs is 3. The van der Waals surface area contributed by atoms with Crippen molar-refractivity contribution < 1.29 is 9.53 Å². The molecule has 0 N–H and O–H groups in total. The van der Waals surface area contributed by atoms with Gasteiger partial charge in [0.1, 0.15) is 12.0 Å². The minimum absolute atomic E-state index is 0.0294. The van der Waals surface area contributed by atoms with E-state index < -0.39 is 0 Å². The number of nitrogens with zero attached hydrogens (tertiary/aromatic N) is 7. The smallest absolute Gasteiger partial charge is 0.279 e. The fourth-order valence-corrected chi connectivity index (χ4v) is 5.36. The first-order valence-electron chi connectivity index (χ1n) is 11.4. The SMILES string of the molecule is CC(=O)N1CCCC1c1cn(-c2ncn3c2c(=O)n(C2CCOC2C)c2ccccc23)nn1. The Bertz CT molecular complexity index is 1440. The number of carbonyl (C=O) groups excluding carboxylic acids is 1. The second-order valence-corrected chi connectivity index (χ2v) is 8.84. The van der Waals surface area contributed by atoms with E-state index in [4.69, 9.17) is 4.74 Å². The van der Waals surface area contributed by atoms with Crippen molar-refractivity contribution in [1.29, 1.82) is 0 Å². The molecule has 1 aromatic carbocycles. The molecule has 3 aromatic heterocycles. The normalized spacial score (nSPS) is 23.2. The molecule has 2 aliphatic rings. The van der Waals surface area contributed by atoms with E-state index >= 15 is 0 Å². The van der Waals surface area contributed by atoms with Gasteiger partial charge in [0.2, 0.25) is 5.91 Å². The summed E-state index contributed by atoms with van der Waals surface area (Å²) in [6.07, 6.45) is 5.95. The zero-order valence-electron chi connectivity index (χ0n) is 18.6. The summed E-state index contributed by atoms with van der Waals surface area (Å²) in [4.78, 5) is 32.2. The Morgan fingerprint density at radius 2 is 2.00 bits per heavy atom. The molecular weight excluding hydrogens is 422 g/mol. The fourth-order valence-electron chi connectivity index (χ4n) is 5.36. The molecule has 0 saturated carbocycles. The summed E-state index contributed by atoms with van der Waals surface area (Å²) >= 11 is 0. The predicted octanol–water partition coefficient (Wildman–Crippen LogP) is 2.26. The number of para-hydroxylation sites is 2. The maximum Gasteiger partial charge on any atom is 0.279 e. The zero-order chi connectivity index (χ0) is 22.7. The molecule has 5 heterocycles. The number of hydrogen-bond donors (Lipinski definition) is 0. The Hall–Kier alpha value is -3.53. The van der Waals surface area contributed by atoms with Crippen molar-refractivity contribution in [2.75, 3.05) is 13.2 Å². The minimum atomic E-state index is -0.133. The van der Waals surface area contributed by atoms with Gasteiger partial charge in [-0.3, -0.25) is 18.6 Å². The Morgan fingerprint density at radius 1 is 1.18 bits per heavy atom. The van der Waals surface area contributed by atoms with Crippen molar-refractivity contribution in [2.24, 2.45) is 0 Å². The lowest BCUT2D eigenvalue weighted by Crippen LogP contribution is -2.30. The van der Waals surface area contributed by atoms with Gasteiger partial charge in [-0.2, -0.15) is 4.68 Å². The van der Waals surface area contributed by atoms with E-state index in [-0.39, 0.29) is 29.7 Å². The molecule has 10 nitrogen and oxygen atoms in total. The van der Waals surface area contributed by atoms with Crippen molar-refractivity contribution in [1.82, 2.24) is 33.8 Å². The van der Waals surface area contributed by atoms with Crippen molar-refractivity contribution in [3.63, 3.8) is 0 Å². The number of amides is 1. The van der Waals surface area contributed by atoms with Crippen LogP contribution in [0, 0.1) is 0 Å². The third kappa shape index (κ3) is 3.01. The fraction of sp³-hybridized carbons (Fsp3) is 0.435. The Balaban J connectivity index is 1.53. The van der Waals surface area contributed by atoms with Crippen LogP contribution in [0.1, 0.15) is 50.9 Å². The summed E-state index contributed by atoms with van der Waals surface area (Å²) < 4.78 is 11.0. The second-order valence-electron chi connectivity index (χ2n) is 8.84. The number of rotatable bonds is 3. The van der Waals surface area contributed by atoms with E-state index in [2.05, 4.69) is 15.3 Å². The first-order chi connectivity index (χ1) is 16.0. The van der Waals surface area contributed by atoms with Crippen LogP contribution in [0.25, 0.3) is 22.4 Å². The molecular formula is C23H25N7O3. The third-order valence-electron chi connectivity index (χ3n) is 6.97. The Kier molecular flexibility index (Phi) is 4.58. The van der Waals surface area contributed by atoms with E-state index in [1.165, 1.54) is 0 Å². The minimum Gasteiger partial charge on any atom is -0.376 e. The molecule has 0 bridgehead atoms. The zero-order valence-corrected chi connectivity index (χ0v) is 18.6. The number of imidazole rings is 1. The summed E-state index contributed by atoms with van der Waals surface area (Å²) in [5.74, 6) is 0.457. The molecule has 1 amide bonds. The number of aromatic nitrogens is 6. The quantitative estimate of drug-likeness (QED) is 0.478. The lowest BCUT2D eigenvalue weighted by atomic mass is 10.1. The number of likely N-dealkylation sites (tertiary alicyclic amines) is 1. The molecule has 170 valence electrons. The van der Waals surface area contributed by atoms with Crippen LogP contribution < -0.4 is 5.56 Å². The number of ether oxygens (including phenoxy) is 1. The average molecular weight is 447 g/mol. The van der Waals surface area contributed by atoms with Crippen LogP contribution in [0.15, 0.2) is 41.6 Å². The molecule has 2 aliphatic heterocycles. The molecule has 4 aromatic rings. The van der Waals surface area contributed by atoms with Gasteiger partial charge < -0.3 is 9.64 Å².